The second-order valence-electron chi connectivity index (χ2n) is 49.7. The number of phenols is 3. The molecular formula is C103H232O29Si18. The average molecular weight is 2440 g/mol. The van der Waals surface area contributed by atoms with Gasteiger partial charge in [0.1, 0.15) is 6.61 Å². The summed E-state index contributed by atoms with van der Waals surface area (Å²) >= 11 is 0. The van der Waals surface area contributed by atoms with E-state index in [9.17, 15) is 20.1 Å². The van der Waals surface area contributed by atoms with Crippen molar-refractivity contribution in [3.63, 3.8) is 0 Å². The first-order valence-corrected chi connectivity index (χ1v) is 107. The summed E-state index contributed by atoms with van der Waals surface area (Å²) < 4.78 is 157. The van der Waals surface area contributed by atoms with Gasteiger partial charge in [-0.2, -0.15) is 0 Å². The van der Waals surface area contributed by atoms with Gasteiger partial charge in [-0.1, -0.05) is 95.2 Å². The number of rotatable bonds is 77. The van der Waals surface area contributed by atoms with Crippen LogP contribution in [-0.4, -0.2) is 306 Å². The summed E-state index contributed by atoms with van der Waals surface area (Å²) in [5.41, 5.74) is 3.32. The highest BCUT2D eigenvalue weighted by atomic mass is 28.5. The molecule has 0 aliphatic heterocycles. The maximum absolute atomic E-state index is 10.9. The molecule has 0 saturated carbocycles. The van der Waals surface area contributed by atoms with Gasteiger partial charge in [0.25, 0.3) is 0 Å². The van der Waals surface area contributed by atoms with Crippen molar-refractivity contribution in [1.82, 2.24) is 0 Å². The molecule has 6 unspecified atom stereocenters. The molecule has 0 bridgehead atoms. The Kier molecular flexibility index (Phi) is 75.4. The second-order valence-corrected chi connectivity index (χ2v) is 124. The molecule has 0 aliphatic carbocycles. The van der Waals surface area contributed by atoms with E-state index in [-0.39, 0.29) is 67.0 Å². The van der Waals surface area contributed by atoms with Crippen LogP contribution >= 0.6 is 0 Å². The Labute approximate surface area is 938 Å². The highest BCUT2D eigenvalue weighted by Crippen LogP contribution is 2.42. The highest BCUT2D eigenvalue weighted by Gasteiger charge is 2.53. The zero-order valence-electron chi connectivity index (χ0n) is 99.7. The number of aromatic hydroxyl groups is 3. The first kappa shape index (κ1) is 157. The van der Waals surface area contributed by atoms with Crippen LogP contribution in [0.5, 0.6) is 34.5 Å². The maximum atomic E-state index is 10.9. The van der Waals surface area contributed by atoms with Crippen molar-refractivity contribution in [3.8, 4) is 34.5 Å². The second kappa shape index (κ2) is 71.8. The van der Waals surface area contributed by atoms with Crippen molar-refractivity contribution < 1.29 is 130 Å². The molecule has 0 radical (unpaired) electrons. The fourth-order valence-electron chi connectivity index (χ4n) is 17.6. The third-order valence-electron chi connectivity index (χ3n) is 22.3. The van der Waals surface area contributed by atoms with Gasteiger partial charge in [-0.05, 0) is 388 Å². The van der Waals surface area contributed by atoms with Crippen LogP contribution in [0.1, 0.15) is 126 Å². The van der Waals surface area contributed by atoms with Gasteiger partial charge in [0.15, 0.2) is 101 Å². The van der Waals surface area contributed by atoms with E-state index >= 15 is 0 Å². The summed E-state index contributed by atoms with van der Waals surface area (Å²) in [4.78, 5) is 10.9. The van der Waals surface area contributed by atoms with Gasteiger partial charge < -0.3 is 126 Å². The normalized spacial score (nSPS) is 15.2. The van der Waals surface area contributed by atoms with Crippen molar-refractivity contribution in [1.29, 1.82) is 0 Å². The minimum atomic E-state index is -2.94. The minimum absolute atomic E-state index is 0. The van der Waals surface area contributed by atoms with E-state index < -0.39 is 152 Å². The summed E-state index contributed by atoms with van der Waals surface area (Å²) in [5.74, 6) is 1.57. The highest BCUT2D eigenvalue weighted by molar-refractivity contribution is 6.94. The molecule has 0 aromatic heterocycles. The van der Waals surface area contributed by atoms with Crippen molar-refractivity contribution in [2.24, 2.45) is 0 Å². The number of benzene rings is 3. The molecule has 6 atom stereocenters. The first-order chi connectivity index (χ1) is 66.0. The van der Waals surface area contributed by atoms with E-state index in [1.807, 2.05) is 36.4 Å². The smallest absolute Gasteiger partial charge is 0.344 e. The molecule has 3 aromatic carbocycles. The van der Waals surface area contributed by atoms with Gasteiger partial charge in [0.05, 0.1) is 108 Å². The molecule has 29 nitrogen and oxygen atoms in total. The van der Waals surface area contributed by atoms with E-state index in [1.165, 1.54) is 13.0 Å². The Morgan fingerprint density at radius 3 is 0.727 bits per heavy atom. The molecule has 0 saturated heterocycles. The molecule has 47 heteroatoms. The molecule has 0 amide bonds. The van der Waals surface area contributed by atoms with E-state index in [0.29, 0.717) is 114 Å². The number of carbonyl (C=O) groups is 1. The predicted molar refractivity (Wildman–Crippen MR) is 672 cm³/mol. The van der Waals surface area contributed by atoms with Crippen LogP contribution in [0.15, 0.2) is 54.6 Å². The first-order valence-electron chi connectivity index (χ1n) is 53.0. The Balaban J connectivity index is -0.000000693. The summed E-state index contributed by atoms with van der Waals surface area (Å²) in [5, 5.41) is 30.5. The van der Waals surface area contributed by atoms with Crippen LogP contribution in [0, 0.1) is 0 Å². The molecule has 0 aliphatic rings. The number of hydrogen-bond donors (Lipinski definition) is 3. The zero-order valence-corrected chi connectivity index (χ0v) is 118. The van der Waals surface area contributed by atoms with E-state index in [0.717, 1.165) is 130 Å². The molecule has 890 valence electrons. The SMILES string of the molecule is C.C.C.C.C.COc1cc(CCC[Si](C)(O[Si](C)(C)C)O[Si](C)(CCCOCCOCCOCCC[Si](C)(C)C(C)(C)C)O[Si](C)(C)O[Si](C)(C)C)ccc1O.COc1cc(CCC[Si](C)(O[Si](C)(C)C)O[Si](C)(CCCOCCOCCOCCC[Si](C)(C)O[Si](C)(C)C)O[Si](C)(C)O[Si](C)(C)C)ccc1O.COc1cc(CCC[Si](C)(O[Si](C)(C)C)O[Si](C)(COCCOCCOC(C)=O)O[Si](C)(C)O[Si](C)(C)C)ccc1O. The van der Waals surface area contributed by atoms with Gasteiger partial charge in [-0.3, -0.25) is 4.79 Å². The lowest BCUT2D eigenvalue weighted by atomic mass is 10.1. The lowest BCUT2D eigenvalue weighted by Crippen LogP contribution is -2.62. The molecule has 3 rings (SSSR count). The number of methoxy groups -OCH3 is 3. The lowest BCUT2D eigenvalue weighted by molar-refractivity contribution is -0.142. The fourth-order valence-corrected chi connectivity index (χ4v) is 98.1. The van der Waals surface area contributed by atoms with Crippen molar-refractivity contribution in [2.75, 3.05) is 133 Å². The van der Waals surface area contributed by atoms with Crippen LogP contribution in [0.4, 0.5) is 0 Å². The zero-order chi connectivity index (χ0) is 111. The number of aryl methyl sites for hydroxylation is 3. The molecular weight excluding hydrogens is 2210 g/mol. The summed E-state index contributed by atoms with van der Waals surface area (Å²) in [6.45, 7) is 99.0. The number of esters is 1. The van der Waals surface area contributed by atoms with Crippen LogP contribution in [0.3, 0.4) is 0 Å². The quantitative estimate of drug-likeness (QED) is 0.0269. The molecule has 0 fully saturated rings. The maximum Gasteiger partial charge on any atom is 0.344 e. The van der Waals surface area contributed by atoms with Crippen LogP contribution in [0.25, 0.3) is 0 Å². The van der Waals surface area contributed by atoms with Gasteiger partial charge in [0, 0.05) is 33.4 Å². The Morgan fingerprint density at radius 2 is 0.473 bits per heavy atom. The monoisotopic (exact) mass is 2440 g/mol. The van der Waals surface area contributed by atoms with Crippen molar-refractivity contribution in [3.05, 3.63) is 71.3 Å². The number of carbonyl (C=O) groups excluding carboxylic acids is 1. The van der Waals surface area contributed by atoms with E-state index in [1.54, 1.807) is 39.5 Å². The Bertz CT molecular complexity index is 4070. The van der Waals surface area contributed by atoms with Crippen LogP contribution in [0.2, 0.25) is 290 Å². The van der Waals surface area contributed by atoms with Gasteiger partial charge in [0.2, 0.25) is 0 Å². The average Bonchev–Trinajstić information content (AvgIpc) is 0.802. The largest absolute Gasteiger partial charge is 0.504 e. The fraction of sp³-hybridized carbons (Fsp3) is 0.816. The number of hydrogen-bond acceptors (Lipinski definition) is 29. The minimum Gasteiger partial charge on any atom is -0.504 e. The van der Waals surface area contributed by atoms with Crippen LogP contribution < -0.4 is 14.2 Å². The van der Waals surface area contributed by atoms with Gasteiger partial charge >= 0.3 is 83.0 Å². The predicted octanol–water partition coefficient (Wildman–Crippen LogP) is 29.3. The molecule has 3 aromatic rings. The lowest BCUT2D eigenvalue weighted by Gasteiger charge is -2.44. The topological polar surface area (TPSA) is 309 Å². The molecule has 3 N–H and O–H groups in total. The van der Waals surface area contributed by atoms with Gasteiger partial charge in [-0.15, -0.1) is 0 Å². The van der Waals surface area contributed by atoms with E-state index in [4.69, 9.17) is 110 Å². The summed E-state index contributed by atoms with van der Waals surface area (Å²) in [6, 6.07) is 23.1. The summed E-state index contributed by atoms with van der Waals surface area (Å²) in [7, 11) is -35.0. The van der Waals surface area contributed by atoms with Crippen molar-refractivity contribution >= 4 is 158 Å². The number of phenolic OH excluding ortho intramolecular Hbond substituents is 3. The van der Waals surface area contributed by atoms with Gasteiger partial charge in [-0.25, -0.2) is 0 Å². The van der Waals surface area contributed by atoms with Crippen molar-refractivity contribution in [2.45, 2.75) is 419 Å². The molecule has 0 heterocycles. The van der Waals surface area contributed by atoms with Crippen LogP contribution in [-0.2, 0) is 120 Å². The number of ether oxygens (including phenoxy) is 12. The molecule has 150 heavy (non-hydrogen) atoms. The third kappa shape index (κ3) is 78.3. The Morgan fingerprint density at radius 1 is 0.253 bits per heavy atom. The summed E-state index contributed by atoms with van der Waals surface area (Å²) in [6.07, 6.45) is 9.29. The standard InChI is InChI=1S/C36H78O9Si6.C35H78O10Si7.C27H56O10Si5.5CH4/c1-36(2,3)48(11,12)29-18-23-39-25-27-41-28-26-40-24-19-31-51(16,44-49(13,14)42-46(5,6)7)45-50(15,43-47(8,9)10)30-17-20-33-21-22-34(37)35(32-33)38-4;1-37-35-32-33(21-22-34(35)36)20-17-30-51(15,43-48(8,9)10)45-52(16,44-50(13,14)42-47(5,6)7)31-19-24-39-26-28-40-27-25-38-23-18-29-49(11,12)41-46(2,3)4;1-24(28)33-20-19-31-17-18-32-23-42(12,36-40(9,10)34-38(3,4)5)37-41(11,35-39(6,7)8)21-13-14-25-15-16-26(29)27(22-25)30-2;;;;;/h21-22,32,37H,17-20,23-31H2,1-16H3;21-22,32,36H,17-20,23-31H2,1-16H3;15-16,22,29H,13-14,17-21,23H2,1-12H3;5*1H4. The molecule has 0 spiro atoms. The Hall–Kier alpha value is -1.01. The van der Waals surface area contributed by atoms with E-state index in [2.05, 4.69) is 263 Å². The third-order valence-corrected chi connectivity index (χ3v) is 88.4.